The van der Waals surface area contributed by atoms with Gasteiger partial charge in [-0.1, -0.05) is 38.1 Å². The molecule has 3 rings (SSSR count). The van der Waals surface area contributed by atoms with Crippen LogP contribution in [0.3, 0.4) is 0 Å². The van der Waals surface area contributed by atoms with E-state index in [1.807, 2.05) is 29.2 Å². The minimum Gasteiger partial charge on any atom is -0.507 e. The van der Waals surface area contributed by atoms with E-state index in [0.717, 1.165) is 36.7 Å². The number of piperidine rings is 1. The summed E-state index contributed by atoms with van der Waals surface area (Å²) in [5.74, 6) is 0.00751. The van der Waals surface area contributed by atoms with Gasteiger partial charge in [0.05, 0.1) is 5.56 Å². The Labute approximate surface area is 125 Å². The van der Waals surface area contributed by atoms with E-state index in [1.54, 1.807) is 12.1 Å². The van der Waals surface area contributed by atoms with Crippen LogP contribution in [0.2, 0.25) is 0 Å². The van der Waals surface area contributed by atoms with Gasteiger partial charge in [0, 0.05) is 13.1 Å². The highest BCUT2D eigenvalue weighted by Gasteiger charge is 2.30. The number of amides is 1. The Kier molecular flexibility index (Phi) is 3.36. The third-order valence-corrected chi connectivity index (χ3v) is 4.28. The Morgan fingerprint density at radius 1 is 1.19 bits per heavy atom. The van der Waals surface area contributed by atoms with E-state index < -0.39 is 0 Å². The first-order valence-corrected chi connectivity index (χ1v) is 7.47. The average molecular weight is 283 g/mol. The predicted molar refractivity (Wildman–Crippen MR) is 84.5 cm³/mol. The Hall–Kier alpha value is -2.03. The number of fused-ring (bicyclic) bond motifs is 1. The van der Waals surface area contributed by atoms with Gasteiger partial charge in [0.25, 0.3) is 5.91 Å². The summed E-state index contributed by atoms with van der Waals surface area (Å²) in [7, 11) is 0. The van der Waals surface area contributed by atoms with Crippen molar-refractivity contribution in [1.82, 2.24) is 4.90 Å². The number of likely N-dealkylation sites (tertiary alicyclic amines) is 1. The van der Waals surface area contributed by atoms with Gasteiger partial charge >= 0.3 is 0 Å². The van der Waals surface area contributed by atoms with Crippen LogP contribution < -0.4 is 0 Å². The number of rotatable bonds is 1. The quantitative estimate of drug-likeness (QED) is 0.864. The van der Waals surface area contributed by atoms with Crippen LogP contribution in [0.5, 0.6) is 5.75 Å². The first-order chi connectivity index (χ1) is 9.96. The van der Waals surface area contributed by atoms with E-state index in [-0.39, 0.29) is 17.1 Å². The largest absolute Gasteiger partial charge is 0.507 e. The maximum Gasteiger partial charge on any atom is 0.257 e. The zero-order valence-corrected chi connectivity index (χ0v) is 12.6. The predicted octanol–water partition coefficient (Wildman–Crippen LogP) is 3.81. The molecule has 0 aliphatic carbocycles. The monoisotopic (exact) mass is 283 g/mol. The number of carbonyl (C=O) groups is 1. The van der Waals surface area contributed by atoms with Crippen LogP contribution in [0.4, 0.5) is 0 Å². The Balaban J connectivity index is 1.96. The second-order valence-corrected chi connectivity index (χ2v) is 6.71. The molecule has 0 saturated carbocycles. The summed E-state index contributed by atoms with van der Waals surface area (Å²) in [5.41, 5.74) is 0.562. The van der Waals surface area contributed by atoms with Gasteiger partial charge in [-0.2, -0.15) is 0 Å². The smallest absolute Gasteiger partial charge is 0.257 e. The van der Waals surface area contributed by atoms with Gasteiger partial charge in [-0.05, 0) is 41.2 Å². The highest BCUT2D eigenvalue weighted by Crippen LogP contribution is 2.31. The van der Waals surface area contributed by atoms with Gasteiger partial charge in [-0.25, -0.2) is 0 Å². The summed E-state index contributed by atoms with van der Waals surface area (Å²) in [6.45, 7) is 5.89. The molecule has 1 amide bonds. The molecular weight excluding hydrogens is 262 g/mol. The molecule has 0 spiro atoms. The van der Waals surface area contributed by atoms with Crippen molar-refractivity contribution >= 4 is 16.7 Å². The third kappa shape index (κ3) is 2.73. The van der Waals surface area contributed by atoms with Crippen molar-refractivity contribution in [3.05, 3.63) is 42.0 Å². The normalized spacial score (nSPS) is 17.9. The first-order valence-electron chi connectivity index (χ1n) is 7.47. The van der Waals surface area contributed by atoms with Gasteiger partial charge in [0.15, 0.2) is 0 Å². The molecule has 21 heavy (non-hydrogen) atoms. The second-order valence-electron chi connectivity index (χ2n) is 6.71. The van der Waals surface area contributed by atoms with Crippen LogP contribution in [-0.2, 0) is 0 Å². The minimum atomic E-state index is -0.0639. The molecule has 3 heteroatoms. The molecule has 0 aromatic heterocycles. The maximum atomic E-state index is 12.7. The molecule has 1 aliphatic rings. The number of nitrogens with zero attached hydrogens (tertiary/aromatic N) is 1. The Morgan fingerprint density at radius 3 is 2.52 bits per heavy atom. The number of hydrogen-bond donors (Lipinski definition) is 1. The standard InChI is InChI=1S/C18H21NO2/c1-18(2)8-5-9-19(12-18)17(21)15-10-13-6-3-4-7-14(13)11-16(15)20/h3-4,6-7,10-11,20H,5,8-9,12H2,1-2H3. The SMILES string of the molecule is CC1(C)CCCN(C(=O)c2cc3ccccc3cc2O)C1. The maximum absolute atomic E-state index is 12.7. The molecule has 0 atom stereocenters. The summed E-state index contributed by atoms with van der Waals surface area (Å²) in [4.78, 5) is 14.6. The van der Waals surface area contributed by atoms with E-state index in [4.69, 9.17) is 0 Å². The molecule has 3 nitrogen and oxygen atoms in total. The first kappa shape index (κ1) is 13.9. The number of hydrogen-bond acceptors (Lipinski definition) is 2. The highest BCUT2D eigenvalue weighted by molar-refractivity contribution is 6.01. The topological polar surface area (TPSA) is 40.5 Å². The summed E-state index contributed by atoms with van der Waals surface area (Å²) in [5, 5.41) is 12.1. The zero-order chi connectivity index (χ0) is 15.0. The molecule has 0 unspecified atom stereocenters. The van der Waals surface area contributed by atoms with Crippen LogP contribution >= 0.6 is 0 Å². The number of carbonyl (C=O) groups excluding carboxylic acids is 1. The van der Waals surface area contributed by atoms with E-state index in [1.165, 1.54) is 0 Å². The van der Waals surface area contributed by atoms with Crippen molar-refractivity contribution in [3.63, 3.8) is 0 Å². The van der Waals surface area contributed by atoms with Crippen molar-refractivity contribution in [1.29, 1.82) is 0 Å². The molecular formula is C18H21NO2. The van der Waals surface area contributed by atoms with E-state index in [9.17, 15) is 9.90 Å². The third-order valence-electron chi connectivity index (χ3n) is 4.28. The number of phenols is 1. The molecule has 2 aromatic rings. The summed E-state index contributed by atoms with van der Waals surface area (Å²) in [6, 6.07) is 11.2. The van der Waals surface area contributed by atoms with Gasteiger partial charge in [-0.3, -0.25) is 4.79 Å². The van der Waals surface area contributed by atoms with E-state index in [2.05, 4.69) is 13.8 Å². The molecule has 0 radical (unpaired) electrons. The molecule has 0 bridgehead atoms. The Bertz CT molecular complexity index is 691. The zero-order valence-electron chi connectivity index (χ0n) is 12.6. The van der Waals surface area contributed by atoms with Gasteiger partial charge in [-0.15, -0.1) is 0 Å². The van der Waals surface area contributed by atoms with Crippen LogP contribution in [0.15, 0.2) is 36.4 Å². The van der Waals surface area contributed by atoms with E-state index >= 15 is 0 Å². The van der Waals surface area contributed by atoms with Gasteiger partial charge in [0.2, 0.25) is 0 Å². The van der Waals surface area contributed by atoms with Crippen LogP contribution in [0, 0.1) is 5.41 Å². The number of benzene rings is 2. The summed E-state index contributed by atoms with van der Waals surface area (Å²) >= 11 is 0. The Morgan fingerprint density at radius 2 is 1.86 bits per heavy atom. The summed E-state index contributed by atoms with van der Waals surface area (Å²) < 4.78 is 0. The fourth-order valence-corrected chi connectivity index (χ4v) is 3.17. The molecule has 110 valence electrons. The lowest BCUT2D eigenvalue weighted by Gasteiger charge is -2.38. The van der Waals surface area contributed by atoms with Crippen molar-refractivity contribution < 1.29 is 9.90 Å². The van der Waals surface area contributed by atoms with Crippen molar-refractivity contribution in [2.45, 2.75) is 26.7 Å². The molecule has 2 aromatic carbocycles. The van der Waals surface area contributed by atoms with Gasteiger partial charge in [0.1, 0.15) is 5.75 Å². The summed E-state index contributed by atoms with van der Waals surface area (Å²) in [6.07, 6.45) is 2.16. The fourth-order valence-electron chi connectivity index (χ4n) is 3.17. The van der Waals surface area contributed by atoms with E-state index in [0.29, 0.717) is 5.56 Å². The lowest BCUT2D eigenvalue weighted by atomic mass is 9.84. The lowest BCUT2D eigenvalue weighted by Crippen LogP contribution is -2.43. The molecule has 1 N–H and O–H groups in total. The van der Waals surface area contributed by atoms with Crippen LogP contribution in [0.1, 0.15) is 37.0 Å². The number of aromatic hydroxyl groups is 1. The molecule has 1 saturated heterocycles. The lowest BCUT2D eigenvalue weighted by molar-refractivity contribution is 0.0580. The molecule has 1 heterocycles. The molecule has 1 fully saturated rings. The molecule has 1 aliphatic heterocycles. The van der Waals surface area contributed by atoms with Crippen molar-refractivity contribution in [2.24, 2.45) is 5.41 Å². The van der Waals surface area contributed by atoms with Crippen molar-refractivity contribution in [3.8, 4) is 5.75 Å². The fraction of sp³-hybridized carbons (Fsp3) is 0.389. The van der Waals surface area contributed by atoms with Crippen LogP contribution in [0.25, 0.3) is 10.8 Å². The number of phenolic OH excluding ortho intramolecular Hbond substituents is 1. The van der Waals surface area contributed by atoms with Crippen molar-refractivity contribution in [2.75, 3.05) is 13.1 Å². The highest BCUT2D eigenvalue weighted by atomic mass is 16.3. The van der Waals surface area contributed by atoms with Gasteiger partial charge < -0.3 is 10.0 Å². The second kappa shape index (κ2) is 5.06. The average Bonchev–Trinajstić information content (AvgIpc) is 2.44. The van der Waals surface area contributed by atoms with Crippen LogP contribution in [-0.4, -0.2) is 29.0 Å². The minimum absolute atomic E-state index is 0.0639.